The molecule has 1 aliphatic rings. The van der Waals surface area contributed by atoms with E-state index < -0.39 is 5.41 Å². The zero-order chi connectivity index (χ0) is 10.2. The van der Waals surface area contributed by atoms with Crippen LogP contribution in [0.2, 0.25) is 0 Å². The molecule has 2 rings (SSSR count). The first kappa shape index (κ1) is 9.70. The van der Waals surface area contributed by atoms with Crippen LogP contribution in [0.5, 0.6) is 0 Å². The van der Waals surface area contributed by atoms with Crippen molar-refractivity contribution in [1.82, 2.24) is 0 Å². The Labute approximate surface area is 91.3 Å². The van der Waals surface area contributed by atoms with Crippen LogP contribution < -0.4 is 0 Å². The molecule has 0 saturated heterocycles. The second-order valence-corrected chi connectivity index (χ2v) is 4.59. The van der Waals surface area contributed by atoms with Gasteiger partial charge in [-0.05, 0) is 24.1 Å². The third kappa shape index (κ3) is 1.35. The molecule has 1 fully saturated rings. The first-order valence-corrected chi connectivity index (χ1v) is 5.30. The van der Waals surface area contributed by atoms with Gasteiger partial charge in [-0.15, -0.1) is 0 Å². The SMILES string of the molecule is N#CC1(c2cccc(Br)c2)CC1CO. The Balaban J connectivity index is 2.36. The van der Waals surface area contributed by atoms with Crippen molar-refractivity contribution >= 4 is 15.9 Å². The van der Waals surface area contributed by atoms with Gasteiger partial charge in [-0.2, -0.15) is 5.26 Å². The Morgan fingerprint density at radius 1 is 1.64 bits per heavy atom. The standard InChI is InChI=1S/C11H10BrNO/c12-10-3-1-2-8(4-10)11(7-13)5-9(11)6-14/h1-4,9,14H,5-6H2. The molecular weight excluding hydrogens is 242 g/mol. The van der Waals surface area contributed by atoms with Gasteiger partial charge in [-0.25, -0.2) is 0 Å². The molecule has 1 saturated carbocycles. The quantitative estimate of drug-likeness (QED) is 0.877. The molecule has 0 bridgehead atoms. The average molecular weight is 252 g/mol. The molecule has 0 radical (unpaired) electrons. The van der Waals surface area contributed by atoms with Crippen molar-refractivity contribution in [3.8, 4) is 6.07 Å². The molecule has 2 unspecified atom stereocenters. The molecule has 1 N–H and O–H groups in total. The van der Waals surface area contributed by atoms with E-state index in [2.05, 4.69) is 22.0 Å². The largest absolute Gasteiger partial charge is 0.396 e. The maximum atomic E-state index is 9.13. The first-order chi connectivity index (χ1) is 6.73. The highest BCUT2D eigenvalue weighted by Crippen LogP contribution is 2.53. The molecular formula is C11H10BrNO. The summed E-state index contributed by atoms with van der Waals surface area (Å²) in [5.41, 5.74) is 0.576. The van der Waals surface area contributed by atoms with Crippen LogP contribution in [0.25, 0.3) is 0 Å². The molecule has 2 nitrogen and oxygen atoms in total. The maximum Gasteiger partial charge on any atom is 0.0877 e. The smallest absolute Gasteiger partial charge is 0.0877 e. The van der Waals surface area contributed by atoms with E-state index in [4.69, 9.17) is 10.4 Å². The number of aliphatic hydroxyl groups excluding tert-OH is 1. The number of rotatable bonds is 2. The van der Waals surface area contributed by atoms with Crippen molar-refractivity contribution in [2.24, 2.45) is 5.92 Å². The molecule has 1 aromatic rings. The second-order valence-electron chi connectivity index (χ2n) is 3.68. The molecule has 0 spiro atoms. The van der Waals surface area contributed by atoms with Gasteiger partial charge in [0.25, 0.3) is 0 Å². The molecule has 0 heterocycles. The number of benzene rings is 1. The van der Waals surface area contributed by atoms with Crippen molar-refractivity contribution in [3.63, 3.8) is 0 Å². The van der Waals surface area contributed by atoms with E-state index in [1.807, 2.05) is 24.3 Å². The van der Waals surface area contributed by atoms with Crippen LogP contribution in [-0.4, -0.2) is 11.7 Å². The fraction of sp³-hybridized carbons (Fsp3) is 0.364. The van der Waals surface area contributed by atoms with Gasteiger partial charge in [-0.3, -0.25) is 0 Å². The van der Waals surface area contributed by atoms with Crippen molar-refractivity contribution < 1.29 is 5.11 Å². The summed E-state index contributed by atoms with van der Waals surface area (Å²) in [6.07, 6.45) is 0.774. The zero-order valence-electron chi connectivity index (χ0n) is 7.57. The highest BCUT2D eigenvalue weighted by molar-refractivity contribution is 9.10. The lowest BCUT2D eigenvalue weighted by Crippen LogP contribution is -2.08. The summed E-state index contributed by atoms with van der Waals surface area (Å²) in [6, 6.07) is 10.1. The molecule has 1 aliphatic carbocycles. The summed E-state index contributed by atoms with van der Waals surface area (Å²) < 4.78 is 0.980. The van der Waals surface area contributed by atoms with E-state index in [1.165, 1.54) is 0 Å². The Kier molecular flexibility index (Phi) is 2.34. The van der Waals surface area contributed by atoms with Crippen LogP contribution in [-0.2, 0) is 5.41 Å². The van der Waals surface area contributed by atoms with E-state index in [0.29, 0.717) is 0 Å². The monoisotopic (exact) mass is 251 g/mol. The van der Waals surface area contributed by atoms with Crippen LogP contribution in [0, 0.1) is 17.2 Å². The van der Waals surface area contributed by atoms with Gasteiger partial charge in [0.05, 0.1) is 11.5 Å². The number of halogens is 1. The zero-order valence-corrected chi connectivity index (χ0v) is 9.16. The number of nitriles is 1. The normalized spacial score (nSPS) is 29.6. The minimum atomic E-state index is -0.432. The highest BCUT2D eigenvalue weighted by atomic mass is 79.9. The summed E-state index contributed by atoms with van der Waals surface area (Å²) in [4.78, 5) is 0. The molecule has 0 aromatic heterocycles. The number of hydrogen-bond donors (Lipinski definition) is 1. The van der Waals surface area contributed by atoms with Crippen molar-refractivity contribution in [2.45, 2.75) is 11.8 Å². The molecule has 2 atom stereocenters. The maximum absolute atomic E-state index is 9.13. The molecule has 0 amide bonds. The lowest BCUT2D eigenvalue weighted by atomic mass is 9.95. The predicted molar refractivity (Wildman–Crippen MR) is 56.6 cm³/mol. The molecule has 14 heavy (non-hydrogen) atoms. The lowest BCUT2D eigenvalue weighted by Gasteiger charge is -2.08. The van der Waals surface area contributed by atoms with Crippen LogP contribution in [0.3, 0.4) is 0 Å². The Morgan fingerprint density at radius 3 is 2.93 bits per heavy atom. The van der Waals surface area contributed by atoms with Crippen LogP contribution in [0.4, 0.5) is 0 Å². The Hall–Kier alpha value is -0.850. The van der Waals surface area contributed by atoms with E-state index in [9.17, 15) is 0 Å². The second kappa shape index (κ2) is 3.38. The summed E-state index contributed by atoms with van der Waals surface area (Å²) in [6.45, 7) is 0.0973. The topological polar surface area (TPSA) is 44.0 Å². The number of aliphatic hydroxyl groups is 1. The first-order valence-electron chi connectivity index (χ1n) is 4.51. The van der Waals surface area contributed by atoms with Crippen molar-refractivity contribution in [2.75, 3.05) is 6.61 Å². The van der Waals surface area contributed by atoms with Crippen molar-refractivity contribution in [1.29, 1.82) is 5.26 Å². The molecule has 1 aromatic carbocycles. The Morgan fingerprint density at radius 2 is 2.43 bits per heavy atom. The van der Waals surface area contributed by atoms with Crippen molar-refractivity contribution in [3.05, 3.63) is 34.3 Å². The van der Waals surface area contributed by atoms with Gasteiger partial charge >= 0.3 is 0 Å². The van der Waals surface area contributed by atoms with E-state index in [1.54, 1.807) is 0 Å². The lowest BCUT2D eigenvalue weighted by molar-refractivity contribution is 0.269. The number of hydrogen-bond acceptors (Lipinski definition) is 2. The fourth-order valence-electron chi connectivity index (χ4n) is 1.87. The minimum Gasteiger partial charge on any atom is -0.396 e. The van der Waals surface area contributed by atoms with Gasteiger partial charge in [0.2, 0.25) is 0 Å². The van der Waals surface area contributed by atoms with Crippen LogP contribution in [0.1, 0.15) is 12.0 Å². The predicted octanol–water partition coefficient (Wildman–Crippen LogP) is 2.22. The van der Waals surface area contributed by atoms with Gasteiger partial charge in [0.15, 0.2) is 0 Å². The van der Waals surface area contributed by atoms with Gasteiger partial charge < -0.3 is 5.11 Å². The van der Waals surface area contributed by atoms with E-state index in [-0.39, 0.29) is 12.5 Å². The van der Waals surface area contributed by atoms with Gasteiger partial charge in [0, 0.05) is 17.0 Å². The molecule has 0 aliphatic heterocycles. The summed E-state index contributed by atoms with van der Waals surface area (Å²) in [5, 5.41) is 18.2. The summed E-state index contributed by atoms with van der Waals surface area (Å²) in [5.74, 6) is 0.113. The van der Waals surface area contributed by atoms with Crippen LogP contribution in [0.15, 0.2) is 28.7 Å². The third-order valence-corrected chi connectivity index (χ3v) is 3.36. The third-order valence-electron chi connectivity index (χ3n) is 2.86. The van der Waals surface area contributed by atoms with Gasteiger partial charge in [-0.1, -0.05) is 28.1 Å². The van der Waals surface area contributed by atoms with E-state index >= 15 is 0 Å². The summed E-state index contributed by atoms with van der Waals surface area (Å²) in [7, 11) is 0. The molecule has 72 valence electrons. The number of nitrogens with zero attached hydrogens (tertiary/aromatic N) is 1. The summed E-state index contributed by atoms with van der Waals surface area (Å²) >= 11 is 3.38. The van der Waals surface area contributed by atoms with Crippen LogP contribution >= 0.6 is 15.9 Å². The Bertz CT molecular complexity index is 399. The highest BCUT2D eigenvalue weighted by Gasteiger charge is 2.55. The average Bonchev–Trinajstić information content (AvgIpc) is 2.93. The van der Waals surface area contributed by atoms with E-state index in [0.717, 1.165) is 16.5 Å². The minimum absolute atomic E-state index is 0.0973. The molecule has 3 heteroatoms. The van der Waals surface area contributed by atoms with Gasteiger partial charge in [0.1, 0.15) is 0 Å². The fourth-order valence-corrected chi connectivity index (χ4v) is 2.27.